The first kappa shape index (κ1) is 25.7. The fourth-order valence-corrected chi connectivity index (χ4v) is 6.62. The normalized spacial score (nSPS) is 18.6. The molecule has 1 saturated heterocycles. The number of esters is 1. The lowest BCUT2D eigenvalue weighted by Crippen LogP contribution is -2.56. The van der Waals surface area contributed by atoms with Crippen LogP contribution in [-0.4, -0.2) is 46.9 Å². The first-order chi connectivity index (χ1) is 18.2. The van der Waals surface area contributed by atoms with E-state index in [1.54, 1.807) is 36.4 Å². The monoisotopic (exact) mass is 532 g/mol. The average molecular weight is 533 g/mol. The van der Waals surface area contributed by atoms with Crippen LogP contribution in [0.3, 0.4) is 0 Å². The van der Waals surface area contributed by atoms with Gasteiger partial charge in [0.2, 0.25) is 5.91 Å². The second kappa shape index (κ2) is 9.74. The maximum atomic E-state index is 13.7. The first-order valence-electron chi connectivity index (χ1n) is 12.2. The van der Waals surface area contributed by atoms with Gasteiger partial charge < -0.3 is 14.7 Å². The maximum absolute atomic E-state index is 13.7. The van der Waals surface area contributed by atoms with Gasteiger partial charge in [-0.1, -0.05) is 66.2 Å². The van der Waals surface area contributed by atoms with Crippen LogP contribution in [0.1, 0.15) is 35.6 Å². The van der Waals surface area contributed by atoms with Crippen LogP contribution in [0.4, 0.5) is 0 Å². The van der Waals surface area contributed by atoms with Gasteiger partial charge in [0, 0.05) is 30.1 Å². The Hall–Kier alpha value is -3.95. The van der Waals surface area contributed by atoms with Crippen LogP contribution < -0.4 is 0 Å². The second-order valence-corrected chi connectivity index (χ2v) is 11.3. The molecule has 2 atom stereocenters. The molecule has 0 spiro atoms. The van der Waals surface area contributed by atoms with Crippen LogP contribution in [0.15, 0.2) is 90.0 Å². The molecule has 2 heterocycles. The number of aryl methyl sites for hydroxylation is 1. The summed E-state index contributed by atoms with van der Waals surface area (Å²) in [6.45, 7) is 1.96. The number of aromatic nitrogens is 1. The molecule has 1 fully saturated rings. The minimum Gasteiger partial charge on any atom is -0.467 e. The highest BCUT2D eigenvalue weighted by molar-refractivity contribution is 7.90. The molecule has 9 heteroatoms. The highest BCUT2D eigenvalue weighted by Gasteiger charge is 2.58. The van der Waals surface area contributed by atoms with Crippen molar-refractivity contribution in [1.82, 2.24) is 8.87 Å². The number of ether oxygens (including phenoxy) is 1. The molecule has 1 aliphatic heterocycles. The molecule has 3 aromatic carbocycles. The molecule has 8 nitrogen and oxygen atoms in total. The molecule has 4 aromatic rings. The molecule has 0 aliphatic carbocycles. The van der Waals surface area contributed by atoms with Gasteiger partial charge in [0.15, 0.2) is 5.54 Å². The molecule has 0 bridgehead atoms. The van der Waals surface area contributed by atoms with Gasteiger partial charge in [-0.05, 0) is 37.1 Å². The molecular weight excluding hydrogens is 504 g/mol. The minimum atomic E-state index is -4.03. The zero-order chi connectivity index (χ0) is 27.1. The van der Waals surface area contributed by atoms with Crippen molar-refractivity contribution < 1.29 is 27.9 Å². The van der Waals surface area contributed by atoms with Crippen molar-refractivity contribution in [3.63, 3.8) is 0 Å². The minimum absolute atomic E-state index is 0.0245. The largest absolute Gasteiger partial charge is 0.467 e. The van der Waals surface area contributed by atoms with Gasteiger partial charge in [-0.2, -0.15) is 0 Å². The van der Waals surface area contributed by atoms with Gasteiger partial charge in [0.1, 0.15) is 6.10 Å². The van der Waals surface area contributed by atoms with E-state index in [-0.39, 0.29) is 35.8 Å². The molecule has 1 amide bonds. The number of aliphatic hydroxyl groups excluding tert-OH is 1. The van der Waals surface area contributed by atoms with Gasteiger partial charge >= 0.3 is 5.97 Å². The van der Waals surface area contributed by atoms with Crippen LogP contribution in [0.2, 0.25) is 0 Å². The zero-order valence-electron chi connectivity index (χ0n) is 21.1. The Morgan fingerprint density at radius 2 is 1.68 bits per heavy atom. The van der Waals surface area contributed by atoms with Crippen molar-refractivity contribution in [2.24, 2.45) is 0 Å². The fraction of sp³-hybridized carbons (Fsp3) is 0.241. The molecule has 1 N–H and O–H groups in total. The highest BCUT2D eigenvalue weighted by Crippen LogP contribution is 2.45. The number of benzene rings is 3. The van der Waals surface area contributed by atoms with E-state index in [1.165, 1.54) is 30.3 Å². The number of nitrogens with zero attached hydrogens (tertiary/aromatic N) is 2. The van der Waals surface area contributed by atoms with Crippen molar-refractivity contribution in [2.45, 2.75) is 42.8 Å². The van der Waals surface area contributed by atoms with Gasteiger partial charge in [0.25, 0.3) is 10.0 Å². The molecule has 196 valence electrons. The van der Waals surface area contributed by atoms with Crippen molar-refractivity contribution in [2.75, 3.05) is 7.11 Å². The van der Waals surface area contributed by atoms with Crippen LogP contribution in [0.25, 0.3) is 10.9 Å². The SMILES string of the molecule is COC(=O)[C@]1([C@H](O)c2cn(S(=O)(=O)c3ccc(C)cc3)c3ccccc23)CCC(=O)N1Cc1ccccc1. The third-order valence-electron chi connectivity index (χ3n) is 7.26. The Morgan fingerprint density at radius 1 is 1.03 bits per heavy atom. The second-order valence-electron chi connectivity index (χ2n) is 9.50. The number of amides is 1. The lowest BCUT2D eigenvalue weighted by molar-refractivity contribution is -0.166. The summed E-state index contributed by atoms with van der Waals surface area (Å²) in [6, 6.07) is 22.4. The Kier molecular flexibility index (Phi) is 6.58. The molecular formula is C29H28N2O6S. The van der Waals surface area contributed by atoms with E-state index in [9.17, 15) is 23.1 Å². The van der Waals surface area contributed by atoms with Crippen molar-refractivity contribution in [1.29, 1.82) is 0 Å². The zero-order valence-corrected chi connectivity index (χ0v) is 21.9. The van der Waals surface area contributed by atoms with E-state index in [2.05, 4.69) is 0 Å². The number of rotatable bonds is 7. The summed E-state index contributed by atoms with van der Waals surface area (Å²) < 4.78 is 33.6. The number of hydrogen-bond donors (Lipinski definition) is 1. The van der Waals surface area contributed by atoms with Crippen molar-refractivity contribution in [3.05, 3.63) is 102 Å². The van der Waals surface area contributed by atoms with Crippen molar-refractivity contribution in [3.8, 4) is 0 Å². The van der Waals surface area contributed by atoms with Gasteiger partial charge in [-0.25, -0.2) is 17.2 Å². The lowest BCUT2D eigenvalue weighted by Gasteiger charge is -2.39. The number of carbonyl (C=O) groups is 2. The van der Waals surface area contributed by atoms with E-state index in [0.29, 0.717) is 10.9 Å². The summed E-state index contributed by atoms with van der Waals surface area (Å²) in [7, 11) is -2.81. The van der Waals surface area contributed by atoms with E-state index in [1.807, 2.05) is 37.3 Å². The summed E-state index contributed by atoms with van der Waals surface area (Å²) in [5, 5.41) is 12.4. The number of para-hydroxylation sites is 1. The number of aliphatic hydroxyl groups is 1. The third-order valence-corrected chi connectivity index (χ3v) is 8.95. The predicted molar refractivity (Wildman–Crippen MR) is 142 cm³/mol. The average Bonchev–Trinajstić information content (AvgIpc) is 3.48. The van der Waals surface area contributed by atoms with Crippen LogP contribution >= 0.6 is 0 Å². The number of carbonyl (C=O) groups excluding carboxylic acids is 2. The first-order valence-corrected chi connectivity index (χ1v) is 13.7. The molecule has 1 aromatic heterocycles. The maximum Gasteiger partial charge on any atom is 0.334 e. The molecule has 0 radical (unpaired) electrons. The number of fused-ring (bicyclic) bond motifs is 1. The van der Waals surface area contributed by atoms with Crippen LogP contribution in [0, 0.1) is 6.92 Å². The van der Waals surface area contributed by atoms with E-state index < -0.39 is 27.6 Å². The van der Waals surface area contributed by atoms with Crippen molar-refractivity contribution >= 4 is 32.8 Å². The summed E-state index contributed by atoms with van der Waals surface area (Å²) >= 11 is 0. The van der Waals surface area contributed by atoms with E-state index >= 15 is 0 Å². The van der Waals surface area contributed by atoms with Gasteiger partial charge in [0.05, 0.1) is 17.5 Å². The quantitative estimate of drug-likeness (QED) is 0.361. The Labute approximate surface area is 221 Å². The molecule has 38 heavy (non-hydrogen) atoms. The van der Waals surface area contributed by atoms with Crippen LogP contribution in [0.5, 0.6) is 0 Å². The fourth-order valence-electron chi connectivity index (χ4n) is 5.24. The molecule has 5 rings (SSSR count). The Balaban J connectivity index is 1.67. The summed E-state index contributed by atoms with van der Waals surface area (Å²) in [4.78, 5) is 27.9. The molecule has 0 saturated carbocycles. The summed E-state index contributed by atoms with van der Waals surface area (Å²) in [5.41, 5.74) is 0.537. The number of hydrogen-bond acceptors (Lipinski definition) is 6. The summed E-state index contributed by atoms with van der Waals surface area (Å²) in [5.74, 6) is -1.06. The number of methoxy groups -OCH3 is 1. The summed E-state index contributed by atoms with van der Waals surface area (Å²) in [6.07, 6.45) is -0.140. The van der Waals surface area contributed by atoms with E-state index in [0.717, 1.165) is 15.1 Å². The molecule has 1 aliphatic rings. The standard InChI is InChI=1S/C29H28N2O6S/c1-20-12-14-22(15-13-20)38(35,36)31-19-24(23-10-6-7-11-25(23)31)27(33)29(28(34)37-2)17-16-26(32)30(29)18-21-8-4-3-5-9-21/h3-15,19,27,33H,16-18H2,1-2H3/t27-,29-/m1/s1. The topological polar surface area (TPSA) is 106 Å². The van der Waals surface area contributed by atoms with E-state index in [4.69, 9.17) is 4.74 Å². The lowest BCUT2D eigenvalue weighted by atomic mass is 9.84. The van der Waals surface area contributed by atoms with Gasteiger partial charge in [-0.3, -0.25) is 4.79 Å². The highest BCUT2D eigenvalue weighted by atomic mass is 32.2. The smallest absolute Gasteiger partial charge is 0.334 e. The Bertz CT molecular complexity index is 1610. The third kappa shape index (κ3) is 4.08. The molecule has 0 unspecified atom stereocenters. The van der Waals surface area contributed by atoms with Crippen LogP contribution in [-0.2, 0) is 30.9 Å². The Morgan fingerprint density at radius 3 is 2.37 bits per heavy atom. The number of likely N-dealkylation sites (tertiary alicyclic amines) is 1. The van der Waals surface area contributed by atoms with Gasteiger partial charge in [-0.15, -0.1) is 0 Å². The predicted octanol–water partition coefficient (Wildman–Crippen LogP) is 3.95.